The molecule has 0 bridgehead atoms. The van der Waals surface area contributed by atoms with Gasteiger partial charge >= 0.3 is 12.3 Å². The van der Waals surface area contributed by atoms with Gasteiger partial charge in [-0.25, -0.2) is 13.2 Å². The number of halogens is 3. The Bertz CT molecular complexity index is 1510. The van der Waals surface area contributed by atoms with E-state index < -0.39 is 51.5 Å². The van der Waals surface area contributed by atoms with Crippen molar-refractivity contribution in [1.82, 2.24) is 4.31 Å². The van der Waals surface area contributed by atoms with Crippen LogP contribution in [0.3, 0.4) is 0 Å². The zero-order chi connectivity index (χ0) is 30.7. The predicted molar refractivity (Wildman–Crippen MR) is 154 cm³/mol. The van der Waals surface area contributed by atoms with Crippen LogP contribution in [-0.2, 0) is 14.8 Å². The first kappa shape index (κ1) is 31.5. The van der Waals surface area contributed by atoms with Crippen LogP contribution in [0, 0.1) is 5.92 Å². The number of ether oxygens (including phenoxy) is 1. The van der Waals surface area contributed by atoms with Gasteiger partial charge in [-0.3, -0.25) is 4.79 Å². The molecular formula is C29H31F3N2O6S2. The second-order valence-corrected chi connectivity index (χ2v) is 13.0. The number of carbonyl (C=O) groups is 2. The van der Waals surface area contributed by atoms with Crippen LogP contribution in [0.1, 0.15) is 53.6 Å². The van der Waals surface area contributed by atoms with Gasteiger partial charge in [0.2, 0.25) is 15.9 Å². The number of carboxylic acids is 1. The number of hydrogen-bond acceptors (Lipinski definition) is 6. The van der Waals surface area contributed by atoms with Crippen molar-refractivity contribution in [2.45, 2.75) is 56.3 Å². The number of anilines is 1. The molecule has 13 heteroatoms. The van der Waals surface area contributed by atoms with Crippen LogP contribution in [0.15, 0.2) is 66.1 Å². The van der Waals surface area contributed by atoms with Crippen molar-refractivity contribution in [2.24, 2.45) is 5.92 Å². The Morgan fingerprint density at radius 3 is 2.52 bits per heavy atom. The minimum atomic E-state index is -5.01. The van der Waals surface area contributed by atoms with Gasteiger partial charge in [-0.15, -0.1) is 24.5 Å². The van der Waals surface area contributed by atoms with E-state index in [-0.39, 0.29) is 23.0 Å². The average Bonchev–Trinajstić information content (AvgIpc) is 3.37. The number of allylic oxidation sites excluding steroid dienone is 5. The van der Waals surface area contributed by atoms with Crippen LogP contribution in [0.2, 0.25) is 0 Å². The van der Waals surface area contributed by atoms with Crippen LogP contribution in [-0.4, -0.2) is 55.2 Å². The zero-order valence-corrected chi connectivity index (χ0v) is 24.5. The first-order valence-electron chi connectivity index (χ1n) is 13.4. The van der Waals surface area contributed by atoms with Crippen LogP contribution in [0.4, 0.5) is 18.9 Å². The summed E-state index contributed by atoms with van der Waals surface area (Å²) in [6, 6.07) is 5.01. The van der Waals surface area contributed by atoms with Crippen molar-refractivity contribution in [2.75, 3.05) is 18.0 Å². The molecule has 2 aliphatic rings. The minimum absolute atomic E-state index is 0.0491. The van der Waals surface area contributed by atoms with Gasteiger partial charge in [-0.05, 0) is 49.5 Å². The van der Waals surface area contributed by atoms with Crippen LogP contribution >= 0.6 is 11.3 Å². The molecule has 8 nitrogen and oxygen atoms in total. The molecule has 1 aliphatic heterocycles. The van der Waals surface area contributed by atoms with E-state index in [0.717, 1.165) is 72.0 Å². The van der Waals surface area contributed by atoms with Crippen LogP contribution in [0.25, 0.3) is 5.57 Å². The van der Waals surface area contributed by atoms with Crippen molar-refractivity contribution in [3.05, 3.63) is 71.0 Å². The lowest BCUT2D eigenvalue weighted by Gasteiger charge is -2.44. The summed E-state index contributed by atoms with van der Waals surface area (Å²) in [5.41, 5.74) is 0.898. The fraction of sp³-hybridized carbons (Fsp3) is 0.379. The third-order valence-corrected chi connectivity index (χ3v) is 10.2. The molecule has 1 saturated carbocycles. The molecule has 1 amide bonds. The second-order valence-electron chi connectivity index (χ2n) is 10.0. The maximum absolute atomic E-state index is 13.8. The number of piperazine rings is 1. The molecule has 0 radical (unpaired) electrons. The molecule has 1 aromatic carbocycles. The number of amides is 1. The summed E-state index contributed by atoms with van der Waals surface area (Å²) in [4.78, 5) is 27.7. The lowest BCUT2D eigenvalue weighted by atomic mass is 9.82. The Morgan fingerprint density at radius 1 is 1.19 bits per heavy atom. The maximum Gasteiger partial charge on any atom is 0.573 e. The third-order valence-electron chi connectivity index (χ3n) is 7.27. The van der Waals surface area contributed by atoms with Crippen molar-refractivity contribution in [3.8, 4) is 5.75 Å². The first-order chi connectivity index (χ1) is 19.9. The molecule has 1 saturated heterocycles. The molecule has 42 heavy (non-hydrogen) atoms. The quantitative estimate of drug-likeness (QED) is 0.321. The number of benzene rings is 1. The standard InChI is InChI=1S/C29H31F3N2O6S2/c1-3-9-20(10-4-2)25-16-23(27(41-25)28(36)37)34-24(19-11-6-5-7-12-19)17-33(18-26(34)35)42(38,39)22-14-8-13-21(15-22)40-29(30,31)32/h3-4,8-10,13-16,19,24H,1,5-7,11-12,17-18H2,2H3,(H,36,37)/b10-4-,20-9+. The average molecular weight is 625 g/mol. The molecule has 1 aliphatic carbocycles. The van der Waals surface area contributed by atoms with E-state index in [1.54, 1.807) is 30.4 Å². The molecule has 2 aromatic rings. The van der Waals surface area contributed by atoms with Gasteiger partial charge in [-0.1, -0.05) is 56.2 Å². The van der Waals surface area contributed by atoms with Crippen molar-refractivity contribution >= 4 is 44.5 Å². The highest BCUT2D eigenvalue weighted by molar-refractivity contribution is 7.89. The molecule has 2 heterocycles. The Hall–Kier alpha value is -3.42. The van der Waals surface area contributed by atoms with Gasteiger partial charge in [-0.2, -0.15) is 4.31 Å². The van der Waals surface area contributed by atoms with Gasteiger partial charge in [0.15, 0.2) is 0 Å². The molecule has 0 spiro atoms. The Labute approximate surface area is 246 Å². The smallest absolute Gasteiger partial charge is 0.477 e. The van der Waals surface area contributed by atoms with E-state index in [4.69, 9.17) is 0 Å². The highest BCUT2D eigenvalue weighted by Crippen LogP contribution is 2.41. The molecule has 1 unspecified atom stereocenters. The summed E-state index contributed by atoms with van der Waals surface area (Å²) in [6.45, 7) is 4.78. The van der Waals surface area contributed by atoms with E-state index in [1.165, 1.54) is 4.90 Å². The maximum atomic E-state index is 13.8. The zero-order valence-electron chi connectivity index (χ0n) is 22.8. The Balaban J connectivity index is 1.76. The number of rotatable bonds is 9. The summed E-state index contributed by atoms with van der Waals surface area (Å²) in [7, 11) is -4.40. The number of hydrogen-bond donors (Lipinski definition) is 1. The van der Waals surface area contributed by atoms with Crippen LogP contribution < -0.4 is 9.64 Å². The van der Waals surface area contributed by atoms with Crippen molar-refractivity contribution in [1.29, 1.82) is 0 Å². The van der Waals surface area contributed by atoms with E-state index in [1.807, 2.05) is 6.92 Å². The fourth-order valence-electron chi connectivity index (χ4n) is 5.50. The number of sulfonamides is 1. The Kier molecular flexibility index (Phi) is 9.63. The Morgan fingerprint density at radius 2 is 1.90 bits per heavy atom. The largest absolute Gasteiger partial charge is 0.573 e. The second kappa shape index (κ2) is 12.8. The highest BCUT2D eigenvalue weighted by Gasteiger charge is 2.44. The van der Waals surface area contributed by atoms with Crippen LogP contribution in [0.5, 0.6) is 5.75 Å². The number of carbonyl (C=O) groups excluding carboxylic acids is 1. The van der Waals surface area contributed by atoms with Gasteiger partial charge in [0, 0.05) is 17.5 Å². The van der Waals surface area contributed by atoms with E-state index in [0.29, 0.717) is 10.5 Å². The number of aromatic carboxylic acids is 1. The molecule has 1 aromatic heterocycles. The summed E-state index contributed by atoms with van der Waals surface area (Å²) < 4.78 is 70.5. The van der Waals surface area contributed by atoms with Crippen molar-refractivity contribution < 1.29 is 41.0 Å². The number of carboxylic acid groups (broad SMARTS) is 1. The lowest BCUT2D eigenvalue weighted by molar-refractivity contribution is -0.274. The first-order valence-corrected chi connectivity index (χ1v) is 15.6. The molecule has 2 fully saturated rings. The predicted octanol–water partition coefficient (Wildman–Crippen LogP) is 6.48. The molecule has 1 atom stereocenters. The van der Waals surface area contributed by atoms with Gasteiger partial charge < -0.3 is 14.7 Å². The number of thiophene rings is 1. The molecular weight excluding hydrogens is 593 g/mol. The highest BCUT2D eigenvalue weighted by atomic mass is 32.2. The topological polar surface area (TPSA) is 104 Å². The SMILES string of the molecule is C=C/C=C(\C=C/C)c1cc(N2C(=O)CN(S(=O)(=O)c3cccc(OC(F)(F)F)c3)CC2C2CCCCC2)c(C(=O)O)s1. The lowest BCUT2D eigenvalue weighted by Crippen LogP contribution is -2.60. The molecule has 1 N–H and O–H groups in total. The van der Waals surface area contributed by atoms with Gasteiger partial charge in [0.1, 0.15) is 10.6 Å². The summed E-state index contributed by atoms with van der Waals surface area (Å²) in [6.07, 6.45) is 6.06. The fourth-order valence-corrected chi connectivity index (χ4v) is 7.94. The monoisotopic (exact) mass is 624 g/mol. The third kappa shape index (κ3) is 6.96. The normalized spacial score (nSPS) is 19.8. The van der Waals surface area contributed by atoms with Crippen molar-refractivity contribution in [3.63, 3.8) is 0 Å². The van der Waals surface area contributed by atoms with Gasteiger partial charge in [0.25, 0.3) is 0 Å². The number of nitrogens with zero attached hydrogens (tertiary/aromatic N) is 2. The summed E-state index contributed by atoms with van der Waals surface area (Å²) >= 11 is 1.01. The molecule has 226 valence electrons. The minimum Gasteiger partial charge on any atom is -0.477 e. The summed E-state index contributed by atoms with van der Waals surface area (Å²) in [5.74, 6) is -2.63. The van der Waals surface area contributed by atoms with E-state index in [9.17, 15) is 36.3 Å². The van der Waals surface area contributed by atoms with E-state index >= 15 is 0 Å². The number of alkyl halides is 3. The van der Waals surface area contributed by atoms with E-state index in [2.05, 4.69) is 11.3 Å². The molecule has 4 rings (SSSR count). The summed E-state index contributed by atoms with van der Waals surface area (Å²) in [5, 5.41) is 10.1. The van der Waals surface area contributed by atoms with Gasteiger partial charge in [0.05, 0.1) is 23.2 Å².